The molecule has 5 atom stereocenters. The number of nitrogens with one attached hydrogen (secondary N) is 1. The summed E-state index contributed by atoms with van der Waals surface area (Å²) in [5.74, 6) is 1.36. The van der Waals surface area contributed by atoms with Gasteiger partial charge in [0.1, 0.15) is 29.3 Å². The Hall–Kier alpha value is -4.03. The van der Waals surface area contributed by atoms with Gasteiger partial charge in [0.15, 0.2) is 20.7 Å². The second-order valence-electron chi connectivity index (χ2n) is 13.6. The average Bonchev–Trinajstić information content (AvgIpc) is 3.38. The van der Waals surface area contributed by atoms with Crippen LogP contribution in [0.2, 0.25) is 18.1 Å². The Balaban J connectivity index is 1.66. The lowest BCUT2D eigenvalue weighted by molar-refractivity contribution is -0.136. The van der Waals surface area contributed by atoms with Gasteiger partial charge in [0.2, 0.25) is 0 Å². The third kappa shape index (κ3) is 6.77. The normalized spacial score (nSPS) is 20.8. The summed E-state index contributed by atoms with van der Waals surface area (Å²) in [7, 11) is 0.648. The Morgan fingerprint density at radius 3 is 1.83 bits per heavy atom. The third-order valence-electron chi connectivity index (χ3n) is 9.57. The molecule has 1 fully saturated rings. The van der Waals surface area contributed by atoms with E-state index in [9.17, 15) is 9.59 Å². The fourth-order valence-electron chi connectivity index (χ4n) is 5.90. The van der Waals surface area contributed by atoms with Gasteiger partial charge < -0.3 is 23.4 Å². The Labute approximate surface area is 281 Å². The molecule has 256 valence electrons. The summed E-state index contributed by atoms with van der Waals surface area (Å²) in [6, 6.07) is 26.2. The number of aromatic nitrogens is 2. The van der Waals surface area contributed by atoms with Crippen LogP contribution in [0.25, 0.3) is 0 Å². The van der Waals surface area contributed by atoms with E-state index in [4.69, 9.17) is 23.4 Å². The molecule has 11 heteroatoms. The zero-order chi connectivity index (χ0) is 34.9. The van der Waals surface area contributed by atoms with Crippen LogP contribution in [0.5, 0.6) is 11.5 Å². The van der Waals surface area contributed by atoms with E-state index < -0.39 is 55.9 Å². The van der Waals surface area contributed by atoms with Crippen molar-refractivity contribution in [3.63, 3.8) is 0 Å². The van der Waals surface area contributed by atoms with Crippen molar-refractivity contribution in [2.75, 3.05) is 14.2 Å². The Morgan fingerprint density at radius 1 is 0.833 bits per heavy atom. The number of aromatic amines is 1. The van der Waals surface area contributed by atoms with Crippen molar-refractivity contribution >= 4 is 8.32 Å². The number of rotatable bonds is 11. The van der Waals surface area contributed by atoms with E-state index in [0.29, 0.717) is 11.5 Å². The Kier molecular flexibility index (Phi) is 10.2. The van der Waals surface area contributed by atoms with Gasteiger partial charge in [0.25, 0.3) is 5.56 Å². The molecule has 9 nitrogen and oxygen atoms in total. The van der Waals surface area contributed by atoms with E-state index in [0.717, 1.165) is 21.3 Å². The highest BCUT2D eigenvalue weighted by Crippen LogP contribution is 2.47. The molecule has 3 aromatic carbocycles. The lowest BCUT2D eigenvalue weighted by Crippen LogP contribution is -2.51. The maximum absolute atomic E-state index is 16.8. The average molecular weight is 677 g/mol. The van der Waals surface area contributed by atoms with Gasteiger partial charge in [0.05, 0.1) is 20.3 Å². The van der Waals surface area contributed by atoms with Crippen LogP contribution in [0.4, 0.5) is 4.39 Å². The van der Waals surface area contributed by atoms with Crippen molar-refractivity contribution < 1.29 is 27.8 Å². The number of hydrogen-bond acceptors (Lipinski definition) is 7. The summed E-state index contributed by atoms with van der Waals surface area (Å²) in [6.45, 7) is 12.2. The van der Waals surface area contributed by atoms with Crippen molar-refractivity contribution in [1.29, 1.82) is 0 Å². The van der Waals surface area contributed by atoms with E-state index in [2.05, 4.69) is 25.8 Å². The molecule has 5 rings (SSSR count). The molecule has 2 heterocycles. The number of benzene rings is 3. The highest BCUT2D eigenvalue weighted by Gasteiger charge is 2.54. The van der Waals surface area contributed by atoms with Crippen molar-refractivity contribution in [2.24, 2.45) is 0 Å². The van der Waals surface area contributed by atoms with Crippen LogP contribution in [0.1, 0.15) is 50.6 Å². The maximum atomic E-state index is 16.8. The van der Waals surface area contributed by atoms with Gasteiger partial charge in [-0.25, -0.2) is 9.18 Å². The molecule has 1 aliphatic rings. The van der Waals surface area contributed by atoms with Crippen LogP contribution in [-0.2, 0) is 19.5 Å². The number of methoxy groups -OCH3 is 2. The minimum atomic E-state index is -2.57. The summed E-state index contributed by atoms with van der Waals surface area (Å²) in [5, 5.41) is -0.242. The Bertz CT molecular complexity index is 1740. The van der Waals surface area contributed by atoms with E-state index >= 15 is 4.39 Å². The molecular formula is C37H45FN2O7Si. The number of ether oxygens (including phenoxy) is 4. The molecule has 1 N–H and O–H groups in total. The molecule has 0 bridgehead atoms. The molecule has 0 spiro atoms. The molecule has 0 aliphatic carbocycles. The van der Waals surface area contributed by atoms with Crippen LogP contribution in [0, 0.1) is 0 Å². The van der Waals surface area contributed by atoms with Crippen molar-refractivity contribution in [3.8, 4) is 11.5 Å². The number of H-pyrrole nitrogens is 1. The molecule has 0 saturated carbocycles. The number of halogens is 1. The Morgan fingerprint density at radius 2 is 1.35 bits per heavy atom. The van der Waals surface area contributed by atoms with Crippen LogP contribution in [0.15, 0.2) is 101 Å². The monoisotopic (exact) mass is 676 g/mol. The first-order valence-electron chi connectivity index (χ1n) is 16.0. The zero-order valence-electron chi connectivity index (χ0n) is 28.7. The minimum Gasteiger partial charge on any atom is -0.497 e. The number of alkyl halides is 1. The first kappa shape index (κ1) is 35.3. The molecular weight excluding hydrogens is 631 g/mol. The van der Waals surface area contributed by atoms with Crippen LogP contribution in [-0.4, -0.2) is 56.6 Å². The third-order valence-corrected chi connectivity index (χ3v) is 14.0. The van der Waals surface area contributed by atoms with E-state index in [-0.39, 0.29) is 5.04 Å². The van der Waals surface area contributed by atoms with E-state index in [1.165, 1.54) is 12.3 Å². The van der Waals surface area contributed by atoms with E-state index in [1.807, 2.05) is 98.9 Å². The predicted molar refractivity (Wildman–Crippen MR) is 185 cm³/mol. The quantitative estimate of drug-likeness (QED) is 0.142. The largest absolute Gasteiger partial charge is 0.497 e. The minimum absolute atomic E-state index is 0.242. The molecule has 2 unspecified atom stereocenters. The first-order chi connectivity index (χ1) is 22.7. The summed E-state index contributed by atoms with van der Waals surface area (Å²) >= 11 is 0. The van der Waals surface area contributed by atoms with Gasteiger partial charge in [0, 0.05) is 12.3 Å². The zero-order valence-corrected chi connectivity index (χ0v) is 29.7. The fraction of sp³-hybridized carbons (Fsp3) is 0.405. The number of nitrogens with zero attached hydrogens (tertiary/aromatic N) is 1. The predicted octanol–water partition coefficient (Wildman–Crippen LogP) is 6.58. The molecule has 1 saturated heterocycles. The van der Waals surface area contributed by atoms with Crippen LogP contribution >= 0.6 is 0 Å². The SMILES string of the molecule is COc1ccc(C(OC(C)C2O[C@@H](n3ccc(=O)[nH]c3=O)[C@H](F)[C@@H]2O[Si](C)(C)C(C)(C)C)(c2ccccc2)c2ccc(OC)cc2)cc1. The van der Waals surface area contributed by atoms with Gasteiger partial charge >= 0.3 is 5.69 Å². The van der Waals surface area contributed by atoms with Crippen molar-refractivity contribution in [2.45, 2.75) is 82.1 Å². The van der Waals surface area contributed by atoms with Gasteiger partial charge in [-0.3, -0.25) is 14.3 Å². The summed E-state index contributed by atoms with van der Waals surface area (Å²) in [6.07, 6.45) is -4.66. The lowest BCUT2D eigenvalue weighted by Gasteiger charge is -2.42. The second-order valence-corrected chi connectivity index (χ2v) is 18.4. The fourth-order valence-corrected chi connectivity index (χ4v) is 7.20. The topological polar surface area (TPSA) is 101 Å². The van der Waals surface area contributed by atoms with Crippen molar-refractivity contribution in [3.05, 3.63) is 129 Å². The highest BCUT2D eigenvalue weighted by atomic mass is 28.4. The molecule has 4 aromatic rings. The standard InChI is InChI=1S/C37H45FN2O7Si/c1-24(32-33(47-48(7,8)36(2,3)4)31(38)34(45-32)40-23-22-30(41)39-35(40)42)46-37(25-12-10-9-11-13-25,26-14-18-28(43-5)19-15-26)27-16-20-29(44-6)21-17-27/h9-24,31-34H,1-8H3,(H,39,41,42)/t24?,31-,32?,33+,34-/m1/s1. The molecule has 0 amide bonds. The first-order valence-corrected chi connectivity index (χ1v) is 18.9. The lowest BCUT2D eigenvalue weighted by atomic mass is 9.79. The molecule has 48 heavy (non-hydrogen) atoms. The van der Waals surface area contributed by atoms with Crippen molar-refractivity contribution in [1.82, 2.24) is 9.55 Å². The number of hydrogen-bond donors (Lipinski definition) is 1. The highest BCUT2D eigenvalue weighted by molar-refractivity contribution is 6.74. The van der Waals surface area contributed by atoms with Gasteiger partial charge in [-0.15, -0.1) is 0 Å². The van der Waals surface area contributed by atoms with Gasteiger partial charge in [-0.1, -0.05) is 75.4 Å². The summed E-state index contributed by atoms with van der Waals surface area (Å²) in [4.78, 5) is 26.9. The van der Waals surface area contributed by atoms with Crippen LogP contribution < -0.4 is 20.7 Å². The maximum Gasteiger partial charge on any atom is 0.330 e. The summed E-state index contributed by atoms with van der Waals surface area (Å²) < 4.78 is 49.2. The summed E-state index contributed by atoms with van der Waals surface area (Å²) in [5.41, 5.74) is -0.127. The van der Waals surface area contributed by atoms with Gasteiger partial charge in [-0.2, -0.15) is 0 Å². The van der Waals surface area contributed by atoms with E-state index in [1.54, 1.807) is 14.2 Å². The molecule has 0 radical (unpaired) electrons. The molecule has 1 aromatic heterocycles. The second kappa shape index (κ2) is 13.8. The smallest absolute Gasteiger partial charge is 0.330 e. The molecule has 1 aliphatic heterocycles. The van der Waals surface area contributed by atoms with Crippen LogP contribution in [0.3, 0.4) is 0 Å². The van der Waals surface area contributed by atoms with Gasteiger partial charge in [-0.05, 0) is 66.0 Å².